The number of aryl methyl sites for hydroxylation is 2. The molecule has 38 heavy (non-hydrogen) atoms. The summed E-state index contributed by atoms with van der Waals surface area (Å²) < 4.78 is 30.9. The Labute approximate surface area is 227 Å². The summed E-state index contributed by atoms with van der Waals surface area (Å²) in [7, 11) is -4.05. The van der Waals surface area contributed by atoms with Gasteiger partial charge in [0.25, 0.3) is 10.0 Å². The van der Waals surface area contributed by atoms with Gasteiger partial charge in [-0.25, -0.2) is 8.42 Å². The van der Waals surface area contributed by atoms with E-state index in [1.165, 1.54) is 0 Å². The molecule has 4 aromatic carbocycles. The summed E-state index contributed by atoms with van der Waals surface area (Å²) in [6.45, 7) is 6.14. The van der Waals surface area contributed by atoms with Gasteiger partial charge in [0.05, 0.1) is 10.6 Å². The molecule has 0 atom stereocenters. The third kappa shape index (κ3) is 4.64. The van der Waals surface area contributed by atoms with E-state index in [-0.39, 0.29) is 4.90 Å². The number of nitrogens with zero attached hydrogens (tertiary/aromatic N) is 2. The lowest BCUT2D eigenvalue weighted by molar-refractivity contribution is -0.114. The summed E-state index contributed by atoms with van der Waals surface area (Å²) in [5, 5.41) is 5.45. The fourth-order valence-corrected chi connectivity index (χ4v) is 6.45. The summed E-state index contributed by atoms with van der Waals surface area (Å²) in [5.74, 6) is -0.460. The van der Waals surface area contributed by atoms with E-state index in [4.69, 9.17) is 11.6 Å². The first kappa shape index (κ1) is 25.8. The molecule has 0 aliphatic carbocycles. The standard InChI is InChI=1S/C30H28ClN3O3S/c1-4-33-28-10-6-5-8-24(28)25-18-22(14-17-29(25)33)32-30(35)19-34(27-11-7-9-26(31)21(27)3)38(36,37)23-15-12-20(2)13-16-23/h5-18H,4,19H2,1-3H3,(H,32,35). The summed E-state index contributed by atoms with van der Waals surface area (Å²) in [4.78, 5) is 13.4. The number of hydrogen-bond acceptors (Lipinski definition) is 3. The van der Waals surface area contributed by atoms with Gasteiger partial charge in [0.15, 0.2) is 0 Å². The quantitative estimate of drug-likeness (QED) is 0.241. The molecule has 0 radical (unpaired) electrons. The van der Waals surface area contributed by atoms with Gasteiger partial charge in [0.2, 0.25) is 5.91 Å². The van der Waals surface area contributed by atoms with Crippen LogP contribution in [0.5, 0.6) is 0 Å². The lowest BCUT2D eigenvalue weighted by atomic mass is 10.1. The maximum Gasteiger partial charge on any atom is 0.264 e. The molecule has 0 saturated carbocycles. The van der Waals surface area contributed by atoms with Crippen LogP contribution in [0, 0.1) is 13.8 Å². The van der Waals surface area contributed by atoms with E-state index in [0.29, 0.717) is 22.0 Å². The van der Waals surface area contributed by atoms with Crippen molar-refractivity contribution >= 4 is 60.7 Å². The number of aromatic nitrogens is 1. The zero-order valence-corrected chi connectivity index (χ0v) is 23.0. The molecular weight excluding hydrogens is 518 g/mol. The van der Waals surface area contributed by atoms with Crippen LogP contribution in [-0.2, 0) is 21.4 Å². The van der Waals surface area contributed by atoms with Gasteiger partial charge in [-0.2, -0.15) is 0 Å². The van der Waals surface area contributed by atoms with Gasteiger partial charge >= 0.3 is 0 Å². The van der Waals surface area contributed by atoms with Crippen LogP contribution in [0.2, 0.25) is 5.02 Å². The summed E-state index contributed by atoms with van der Waals surface area (Å²) >= 11 is 6.33. The van der Waals surface area contributed by atoms with Crippen molar-refractivity contribution in [3.8, 4) is 0 Å². The van der Waals surface area contributed by atoms with E-state index < -0.39 is 22.5 Å². The predicted octanol–water partition coefficient (Wildman–Crippen LogP) is 6.92. The average molecular weight is 546 g/mol. The van der Waals surface area contributed by atoms with Crippen LogP contribution in [0.3, 0.4) is 0 Å². The van der Waals surface area contributed by atoms with Gasteiger partial charge in [0, 0.05) is 39.1 Å². The topological polar surface area (TPSA) is 71.4 Å². The zero-order chi connectivity index (χ0) is 27.0. The van der Waals surface area contributed by atoms with Crippen LogP contribution >= 0.6 is 11.6 Å². The third-order valence-corrected chi connectivity index (χ3v) is 8.96. The first-order chi connectivity index (χ1) is 18.2. The largest absolute Gasteiger partial charge is 0.341 e. The van der Waals surface area contributed by atoms with E-state index >= 15 is 0 Å². The minimum atomic E-state index is -4.05. The lowest BCUT2D eigenvalue weighted by Crippen LogP contribution is -2.38. The fraction of sp³-hybridized carbons (Fsp3) is 0.167. The van der Waals surface area contributed by atoms with Crippen molar-refractivity contribution in [1.82, 2.24) is 4.57 Å². The predicted molar refractivity (Wildman–Crippen MR) is 156 cm³/mol. The second kappa shape index (κ2) is 10.2. The van der Waals surface area contributed by atoms with Crippen molar-refractivity contribution in [2.45, 2.75) is 32.2 Å². The van der Waals surface area contributed by atoms with E-state index in [0.717, 1.165) is 38.2 Å². The second-order valence-corrected chi connectivity index (χ2v) is 11.5. The van der Waals surface area contributed by atoms with E-state index in [1.54, 1.807) is 49.4 Å². The number of anilines is 2. The molecule has 0 unspecified atom stereocenters. The van der Waals surface area contributed by atoms with Gasteiger partial charge < -0.3 is 9.88 Å². The smallest absolute Gasteiger partial charge is 0.264 e. The Morgan fingerprint density at radius 1 is 0.895 bits per heavy atom. The Morgan fingerprint density at radius 2 is 1.61 bits per heavy atom. The Kier molecular flexibility index (Phi) is 6.90. The van der Waals surface area contributed by atoms with Crippen LogP contribution in [-0.4, -0.2) is 25.4 Å². The molecule has 8 heteroatoms. The minimum absolute atomic E-state index is 0.101. The number of sulfonamides is 1. The number of carbonyl (C=O) groups excluding carboxylic acids is 1. The first-order valence-corrected chi connectivity index (χ1v) is 14.2. The average Bonchev–Trinajstić information content (AvgIpc) is 3.22. The SMILES string of the molecule is CCn1c2ccccc2c2cc(NC(=O)CN(c3cccc(Cl)c3C)S(=O)(=O)c3ccc(C)cc3)ccc21. The molecule has 0 spiro atoms. The van der Waals surface area contributed by atoms with Crippen LogP contribution < -0.4 is 9.62 Å². The molecule has 5 rings (SSSR count). The van der Waals surface area contributed by atoms with Crippen LogP contribution in [0.1, 0.15) is 18.1 Å². The Bertz CT molecular complexity index is 1780. The molecule has 0 saturated heterocycles. The number of rotatable bonds is 7. The molecule has 0 aliphatic heterocycles. The number of fused-ring (bicyclic) bond motifs is 3. The highest BCUT2D eigenvalue weighted by atomic mass is 35.5. The van der Waals surface area contributed by atoms with Gasteiger partial charge in [-0.15, -0.1) is 0 Å². The first-order valence-electron chi connectivity index (χ1n) is 12.4. The third-order valence-electron chi connectivity index (χ3n) is 6.78. The normalized spacial score (nSPS) is 11.7. The number of halogens is 1. The van der Waals surface area contributed by atoms with Crippen LogP contribution in [0.15, 0.2) is 89.8 Å². The molecule has 0 bridgehead atoms. The minimum Gasteiger partial charge on any atom is -0.341 e. The van der Waals surface area contributed by atoms with Crippen LogP contribution in [0.4, 0.5) is 11.4 Å². The number of para-hydroxylation sites is 1. The summed E-state index contributed by atoms with van der Waals surface area (Å²) in [6, 6.07) is 25.5. The molecule has 6 nitrogen and oxygen atoms in total. The van der Waals surface area contributed by atoms with E-state index in [2.05, 4.69) is 28.9 Å². The Morgan fingerprint density at radius 3 is 2.34 bits per heavy atom. The number of benzene rings is 4. The molecule has 1 heterocycles. The van der Waals surface area contributed by atoms with E-state index in [9.17, 15) is 13.2 Å². The second-order valence-electron chi connectivity index (χ2n) is 9.25. The van der Waals surface area contributed by atoms with Crippen LogP contribution in [0.25, 0.3) is 21.8 Å². The molecule has 0 aliphatic rings. The lowest BCUT2D eigenvalue weighted by Gasteiger charge is -2.26. The molecular formula is C30H28ClN3O3S. The molecule has 1 aromatic heterocycles. The highest BCUT2D eigenvalue weighted by Gasteiger charge is 2.29. The molecule has 194 valence electrons. The Balaban J connectivity index is 1.51. The maximum absolute atomic E-state index is 13.8. The van der Waals surface area contributed by atoms with Crippen molar-refractivity contribution in [3.05, 3.63) is 101 Å². The van der Waals surface area contributed by atoms with Gasteiger partial charge in [0.1, 0.15) is 6.54 Å². The van der Waals surface area contributed by atoms with Crippen molar-refractivity contribution in [1.29, 1.82) is 0 Å². The molecule has 0 fully saturated rings. The molecule has 1 N–H and O–H groups in total. The van der Waals surface area contributed by atoms with E-state index in [1.807, 2.05) is 37.3 Å². The van der Waals surface area contributed by atoms with Crippen molar-refractivity contribution in [2.24, 2.45) is 0 Å². The number of amides is 1. The fourth-order valence-electron chi connectivity index (χ4n) is 4.81. The summed E-state index contributed by atoms with van der Waals surface area (Å²) in [6.07, 6.45) is 0. The Hall–Kier alpha value is -3.81. The van der Waals surface area contributed by atoms with Crippen molar-refractivity contribution in [3.63, 3.8) is 0 Å². The molecule has 1 amide bonds. The highest BCUT2D eigenvalue weighted by Crippen LogP contribution is 2.33. The van der Waals surface area contributed by atoms with Gasteiger partial charge in [-0.05, 0) is 74.9 Å². The maximum atomic E-state index is 13.8. The highest BCUT2D eigenvalue weighted by molar-refractivity contribution is 7.92. The van der Waals surface area contributed by atoms with Gasteiger partial charge in [-0.1, -0.05) is 53.6 Å². The molecule has 5 aromatic rings. The van der Waals surface area contributed by atoms with Gasteiger partial charge in [-0.3, -0.25) is 9.10 Å². The number of nitrogens with one attached hydrogen (secondary N) is 1. The number of carbonyl (C=O) groups is 1. The monoisotopic (exact) mass is 545 g/mol. The summed E-state index contributed by atoms with van der Waals surface area (Å²) in [5.41, 5.74) is 4.66. The van der Waals surface area contributed by atoms with Crippen molar-refractivity contribution < 1.29 is 13.2 Å². The van der Waals surface area contributed by atoms with Crippen molar-refractivity contribution in [2.75, 3.05) is 16.2 Å². The zero-order valence-electron chi connectivity index (χ0n) is 21.4. The number of hydrogen-bond donors (Lipinski definition) is 1.